The van der Waals surface area contributed by atoms with Crippen LogP contribution in [0.4, 0.5) is 0 Å². The predicted molar refractivity (Wildman–Crippen MR) is 218 cm³/mol. The Morgan fingerprint density at radius 1 is 0.585 bits per heavy atom. The summed E-state index contributed by atoms with van der Waals surface area (Å²) in [5.41, 5.74) is 0. The van der Waals surface area contributed by atoms with Crippen LogP contribution in [0.3, 0.4) is 0 Å². The minimum atomic E-state index is -1.39. The maximum atomic E-state index is 12.7. The molecule has 0 aliphatic rings. The van der Waals surface area contributed by atoms with E-state index in [4.69, 9.17) is 14.9 Å². The summed E-state index contributed by atoms with van der Waals surface area (Å²) in [4.78, 5) is 47.4. The van der Waals surface area contributed by atoms with Crippen LogP contribution >= 0.6 is 0 Å². The molecule has 2 atom stereocenters. The molecule has 53 heavy (non-hydrogen) atoms. The molecule has 0 heterocycles. The Labute approximate surface area is 324 Å². The highest BCUT2D eigenvalue weighted by molar-refractivity contribution is 5.87. The van der Waals surface area contributed by atoms with Crippen LogP contribution in [0, 0.1) is 0 Å². The van der Waals surface area contributed by atoms with Crippen LogP contribution in [0.2, 0.25) is 0 Å². The summed E-state index contributed by atoms with van der Waals surface area (Å²) in [7, 11) is 0. The molecule has 0 aliphatic heterocycles. The van der Waals surface area contributed by atoms with Crippen molar-refractivity contribution in [3.63, 3.8) is 0 Å². The van der Waals surface area contributed by atoms with Crippen molar-refractivity contribution in [1.82, 2.24) is 10.6 Å². The van der Waals surface area contributed by atoms with E-state index in [9.17, 15) is 19.2 Å². The number of unbranched alkanes of at least 4 members (excludes halogenated alkanes) is 23. The van der Waals surface area contributed by atoms with Gasteiger partial charge in [0.05, 0.1) is 13.2 Å². The van der Waals surface area contributed by atoms with Gasteiger partial charge >= 0.3 is 11.9 Å². The van der Waals surface area contributed by atoms with E-state index < -0.39 is 24.5 Å². The third-order valence-corrected chi connectivity index (χ3v) is 9.67. The van der Waals surface area contributed by atoms with Gasteiger partial charge in [0.25, 0.3) is 0 Å². The van der Waals surface area contributed by atoms with E-state index >= 15 is 0 Å². The van der Waals surface area contributed by atoms with Gasteiger partial charge in [0, 0.05) is 12.8 Å². The van der Waals surface area contributed by atoms with E-state index in [-0.39, 0.29) is 30.9 Å². The minimum Gasteiger partial charge on any atom is -0.480 e. The van der Waals surface area contributed by atoms with E-state index in [0.717, 1.165) is 57.8 Å². The molecule has 0 aromatic heterocycles. The van der Waals surface area contributed by atoms with Crippen molar-refractivity contribution in [3.8, 4) is 0 Å². The van der Waals surface area contributed by atoms with E-state index in [0.29, 0.717) is 12.8 Å². The third kappa shape index (κ3) is 36.1. The molecular formula is C44H80N2O7. The van der Waals surface area contributed by atoms with Crippen molar-refractivity contribution in [1.29, 1.82) is 0 Å². The summed E-state index contributed by atoms with van der Waals surface area (Å²) in [5.74, 6) is -2.42. The Morgan fingerprint density at radius 2 is 1.08 bits per heavy atom. The summed E-state index contributed by atoms with van der Waals surface area (Å²) in [6.45, 7) is 3.37. The van der Waals surface area contributed by atoms with Crippen LogP contribution in [0.25, 0.3) is 0 Å². The lowest BCUT2D eigenvalue weighted by atomic mass is 10.0. The zero-order valence-electron chi connectivity index (χ0n) is 34.0. The van der Waals surface area contributed by atoms with Crippen molar-refractivity contribution in [2.45, 2.75) is 219 Å². The summed E-state index contributed by atoms with van der Waals surface area (Å²) < 4.78 is 5.86. The average molecular weight is 749 g/mol. The molecule has 308 valence electrons. The standard InChI is InChI=1S/C44H80N2O7/c1-3-5-7-9-11-12-13-14-15-16-17-18-19-20-21-22-23-24-26-32-36-43(50)53-39(33-29-25-10-8-6-4-2)34-30-27-28-31-35-41(48)45-37-42(49)46-40(38-47)44(51)52/h8,10,29,33,39-40,47H,3-7,9,11-28,30-32,34-38H2,1-2H3,(H,45,48)(H,46,49)(H,51,52)/b10-8-,33-29-. The Balaban J connectivity index is 4.05. The number of esters is 1. The van der Waals surface area contributed by atoms with Crippen molar-refractivity contribution in [3.05, 3.63) is 24.3 Å². The summed E-state index contributed by atoms with van der Waals surface area (Å²) in [6, 6.07) is -1.39. The van der Waals surface area contributed by atoms with Gasteiger partial charge in [-0.1, -0.05) is 173 Å². The molecule has 9 nitrogen and oxygen atoms in total. The zero-order valence-corrected chi connectivity index (χ0v) is 34.0. The number of carboxylic acids is 1. The summed E-state index contributed by atoms with van der Waals surface area (Å²) >= 11 is 0. The molecule has 2 unspecified atom stereocenters. The number of carbonyl (C=O) groups excluding carboxylic acids is 3. The maximum Gasteiger partial charge on any atom is 0.328 e. The van der Waals surface area contributed by atoms with E-state index in [1.54, 1.807) is 0 Å². The fraction of sp³-hybridized carbons (Fsp3) is 0.818. The number of amides is 2. The monoisotopic (exact) mass is 749 g/mol. The highest BCUT2D eigenvalue weighted by Crippen LogP contribution is 2.16. The molecule has 0 saturated heterocycles. The maximum absolute atomic E-state index is 12.7. The lowest BCUT2D eigenvalue weighted by molar-refractivity contribution is -0.147. The lowest BCUT2D eigenvalue weighted by Gasteiger charge is -2.15. The molecule has 0 aliphatic carbocycles. The van der Waals surface area contributed by atoms with Crippen LogP contribution < -0.4 is 10.6 Å². The SMILES string of the molecule is CCC/C=C\C/C=C\C(CCCCCCC(=O)NCC(=O)NC(CO)C(=O)O)OC(=O)CCCCCCCCCCCCCCCCCCCCCC. The van der Waals surface area contributed by atoms with Gasteiger partial charge < -0.3 is 25.6 Å². The molecule has 0 aromatic carbocycles. The van der Waals surface area contributed by atoms with Gasteiger partial charge in [0.1, 0.15) is 12.1 Å². The number of aliphatic hydroxyl groups is 1. The van der Waals surface area contributed by atoms with Crippen molar-refractivity contribution in [2.75, 3.05) is 13.2 Å². The first-order valence-electron chi connectivity index (χ1n) is 21.7. The van der Waals surface area contributed by atoms with Gasteiger partial charge in [-0.3, -0.25) is 14.4 Å². The number of nitrogens with one attached hydrogen (secondary N) is 2. The molecule has 0 aromatic rings. The van der Waals surface area contributed by atoms with Crippen LogP contribution in [-0.2, 0) is 23.9 Å². The van der Waals surface area contributed by atoms with Crippen molar-refractivity contribution in [2.24, 2.45) is 0 Å². The van der Waals surface area contributed by atoms with Crippen LogP contribution in [0.15, 0.2) is 24.3 Å². The average Bonchev–Trinajstić information content (AvgIpc) is 3.14. The molecule has 0 rings (SSSR count). The van der Waals surface area contributed by atoms with Gasteiger partial charge in [0.2, 0.25) is 11.8 Å². The number of carbonyl (C=O) groups is 4. The predicted octanol–water partition coefficient (Wildman–Crippen LogP) is 10.4. The van der Waals surface area contributed by atoms with E-state index in [1.165, 1.54) is 116 Å². The molecule has 4 N–H and O–H groups in total. The molecule has 9 heteroatoms. The number of carboxylic acid groups (broad SMARTS) is 1. The van der Waals surface area contributed by atoms with E-state index in [1.807, 2.05) is 6.08 Å². The van der Waals surface area contributed by atoms with Crippen LogP contribution in [-0.4, -0.2) is 59.3 Å². The number of aliphatic carboxylic acids is 1. The van der Waals surface area contributed by atoms with Gasteiger partial charge in [-0.2, -0.15) is 0 Å². The third-order valence-electron chi connectivity index (χ3n) is 9.67. The fourth-order valence-electron chi connectivity index (χ4n) is 6.32. The minimum absolute atomic E-state index is 0.127. The molecule has 0 spiro atoms. The smallest absolute Gasteiger partial charge is 0.328 e. The second kappa shape index (κ2) is 39.0. The second-order valence-electron chi connectivity index (χ2n) is 14.8. The van der Waals surface area contributed by atoms with Crippen LogP contribution in [0.1, 0.15) is 206 Å². The normalized spacial score (nSPS) is 12.7. The van der Waals surface area contributed by atoms with Crippen LogP contribution in [0.5, 0.6) is 0 Å². The molecular weight excluding hydrogens is 668 g/mol. The van der Waals surface area contributed by atoms with E-state index in [2.05, 4.69) is 42.7 Å². The van der Waals surface area contributed by atoms with Gasteiger partial charge in [-0.05, 0) is 44.6 Å². The first kappa shape index (κ1) is 50.3. The quantitative estimate of drug-likeness (QED) is 0.0278. The van der Waals surface area contributed by atoms with Crippen molar-refractivity contribution < 1.29 is 34.1 Å². The summed E-state index contributed by atoms with van der Waals surface area (Å²) in [5, 5.41) is 22.5. The Morgan fingerprint density at radius 3 is 1.57 bits per heavy atom. The Kier molecular flexibility index (Phi) is 37.1. The molecule has 0 saturated carbocycles. The van der Waals surface area contributed by atoms with Crippen molar-refractivity contribution >= 4 is 23.8 Å². The number of hydrogen-bond donors (Lipinski definition) is 4. The Bertz CT molecular complexity index is 952. The summed E-state index contributed by atoms with van der Waals surface area (Å²) in [6.07, 6.45) is 42.5. The number of aliphatic hydroxyl groups excluding tert-OH is 1. The van der Waals surface area contributed by atoms with Gasteiger partial charge in [0.15, 0.2) is 0 Å². The Hall–Kier alpha value is -2.68. The number of rotatable bonds is 39. The van der Waals surface area contributed by atoms with Gasteiger partial charge in [-0.25, -0.2) is 4.79 Å². The molecule has 2 amide bonds. The fourth-order valence-corrected chi connectivity index (χ4v) is 6.32. The highest BCUT2D eigenvalue weighted by atomic mass is 16.5. The topological polar surface area (TPSA) is 142 Å². The molecule has 0 radical (unpaired) electrons. The second-order valence-corrected chi connectivity index (χ2v) is 14.8. The lowest BCUT2D eigenvalue weighted by Crippen LogP contribution is -2.47. The highest BCUT2D eigenvalue weighted by Gasteiger charge is 2.18. The largest absolute Gasteiger partial charge is 0.480 e. The number of ether oxygens (including phenoxy) is 1. The number of hydrogen-bond acceptors (Lipinski definition) is 6. The zero-order chi connectivity index (χ0) is 39.0. The molecule has 0 bridgehead atoms. The first-order chi connectivity index (χ1) is 25.8. The first-order valence-corrected chi connectivity index (χ1v) is 21.7. The molecule has 0 fully saturated rings. The van der Waals surface area contributed by atoms with Gasteiger partial charge in [-0.15, -0.1) is 0 Å². The number of allylic oxidation sites excluding steroid dienone is 3.